The molecule has 1 amide bonds. The summed E-state index contributed by atoms with van der Waals surface area (Å²) < 4.78 is 27.7. The van der Waals surface area contributed by atoms with Crippen LogP contribution >= 0.6 is 0 Å². The molecule has 104 valence electrons. The van der Waals surface area contributed by atoms with Gasteiger partial charge in [0.15, 0.2) is 0 Å². The fourth-order valence-electron chi connectivity index (χ4n) is 1.32. The topological polar surface area (TPSA) is 101 Å². The van der Waals surface area contributed by atoms with Gasteiger partial charge in [-0.2, -0.15) is 8.42 Å². The number of carbonyl (C=O) groups excluding carboxylic acids is 1. The van der Waals surface area contributed by atoms with Crippen LogP contribution in [0.2, 0.25) is 0 Å². The molecule has 0 saturated heterocycles. The van der Waals surface area contributed by atoms with Crippen molar-refractivity contribution in [1.82, 2.24) is 14.7 Å². The first-order chi connectivity index (χ1) is 8.81. The summed E-state index contributed by atoms with van der Waals surface area (Å²) in [5.74, 6) is -0.0527. The van der Waals surface area contributed by atoms with E-state index in [9.17, 15) is 13.2 Å². The molecule has 0 unspecified atom stereocenters. The average molecular weight is 285 g/mol. The number of nitrogens with zero attached hydrogens (tertiary/aromatic N) is 2. The van der Waals surface area contributed by atoms with Crippen LogP contribution in [0, 0.1) is 0 Å². The Labute approximate surface area is 111 Å². The highest BCUT2D eigenvalue weighted by Crippen LogP contribution is 2.04. The smallest absolute Gasteiger partial charge is 0.261 e. The highest BCUT2D eigenvalue weighted by Gasteiger charge is 2.04. The van der Waals surface area contributed by atoms with Crippen molar-refractivity contribution in [2.45, 2.75) is 6.92 Å². The first kappa shape index (κ1) is 15.1. The van der Waals surface area contributed by atoms with Crippen LogP contribution in [0.15, 0.2) is 30.7 Å². The van der Waals surface area contributed by atoms with E-state index in [0.29, 0.717) is 18.4 Å². The van der Waals surface area contributed by atoms with Crippen LogP contribution in [0.25, 0.3) is 5.65 Å². The number of rotatable bonds is 2. The number of imidazole rings is 1. The average Bonchev–Trinajstić information content (AvgIpc) is 2.73. The van der Waals surface area contributed by atoms with Crippen molar-refractivity contribution in [2.24, 2.45) is 0 Å². The Morgan fingerprint density at radius 2 is 2.11 bits per heavy atom. The molecule has 7 nitrogen and oxygen atoms in total. The van der Waals surface area contributed by atoms with Crippen LogP contribution in [0.4, 0.5) is 0 Å². The van der Waals surface area contributed by atoms with E-state index in [1.54, 1.807) is 18.5 Å². The fraction of sp³-hybridized carbons (Fsp3) is 0.273. The number of amides is 1. The Morgan fingerprint density at radius 3 is 2.68 bits per heavy atom. The van der Waals surface area contributed by atoms with E-state index in [1.807, 2.05) is 23.6 Å². The van der Waals surface area contributed by atoms with Gasteiger partial charge in [0.05, 0.1) is 11.8 Å². The van der Waals surface area contributed by atoms with Crippen molar-refractivity contribution >= 4 is 21.7 Å². The number of aromatic nitrogens is 2. The third-order valence-electron chi connectivity index (χ3n) is 1.99. The van der Waals surface area contributed by atoms with Crippen LogP contribution in [0.1, 0.15) is 17.3 Å². The third kappa shape index (κ3) is 5.49. The van der Waals surface area contributed by atoms with Gasteiger partial charge in [-0.15, -0.1) is 0 Å². The second kappa shape index (κ2) is 6.30. The summed E-state index contributed by atoms with van der Waals surface area (Å²) in [6, 6.07) is 3.60. The fourth-order valence-corrected chi connectivity index (χ4v) is 1.32. The second-order valence-corrected chi connectivity index (χ2v) is 5.17. The SMILES string of the molecule is CCNC(=O)c1ccc2nccn2c1.CS(=O)(=O)O. The largest absolute Gasteiger partial charge is 0.352 e. The van der Waals surface area contributed by atoms with Gasteiger partial charge in [0.2, 0.25) is 0 Å². The normalized spacial score (nSPS) is 10.7. The number of hydrogen-bond donors (Lipinski definition) is 2. The Balaban J connectivity index is 0.000000312. The van der Waals surface area contributed by atoms with Crippen molar-refractivity contribution in [1.29, 1.82) is 0 Å². The maximum atomic E-state index is 11.5. The van der Waals surface area contributed by atoms with Crippen molar-refractivity contribution < 1.29 is 17.8 Å². The molecule has 2 rings (SSSR count). The van der Waals surface area contributed by atoms with Gasteiger partial charge in [0.1, 0.15) is 5.65 Å². The van der Waals surface area contributed by atoms with Crippen molar-refractivity contribution in [2.75, 3.05) is 12.8 Å². The molecule has 0 fully saturated rings. The van der Waals surface area contributed by atoms with E-state index < -0.39 is 10.1 Å². The highest BCUT2D eigenvalue weighted by molar-refractivity contribution is 7.85. The predicted molar refractivity (Wildman–Crippen MR) is 70.7 cm³/mol. The van der Waals surface area contributed by atoms with E-state index in [0.717, 1.165) is 5.65 Å². The summed E-state index contributed by atoms with van der Waals surface area (Å²) in [6.45, 7) is 2.54. The maximum absolute atomic E-state index is 11.5. The lowest BCUT2D eigenvalue weighted by atomic mass is 10.2. The molecule has 2 N–H and O–H groups in total. The maximum Gasteiger partial charge on any atom is 0.261 e. The molecule has 0 aromatic carbocycles. The van der Waals surface area contributed by atoms with E-state index in [4.69, 9.17) is 4.55 Å². The monoisotopic (exact) mass is 285 g/mol. The van der Waals surface area contributed by atoms with Gasteiger partial charge in [-0.3, -0.25) is 9.35 Å². The zero-order valence-electron chi connectivity index (χ0n) is 10.6. The minimum absolute atomic E-state index is 0.0527. The molecule has 0 spiro atoms. The molecular formula is C11H15N3O4S. The molecule has 0 bridgehead atoms. The van der Waals surface area contributed by atoms with Gasteiger partial charge in [0.25, 0.3) is 16.0 Å². The predicted octanol–water partition coefficient (Wildman–Crippen LogP) is 0.588. The van der Waals surface area contributed by atoms with Crippen molar-refractivity contribution in [3.05, 3.63) is 36.3 Å². The van der Waals surface area contributed by atoms with Crippen LogP contribution < -0.4 is 5.32 Å². The van der Waals surface area contributed by atoms with Gasteiger partial charge in [0, 0.05) is 25.1 Å². The van der Waals surface area contributed by atoms with Gasteiger partial charge in [-0.1, -0.05) is 0 Å². The molecule has 2 aromatic heterocycles. The quantitative estimate of drug-likeness (QED) is 0.786. The summed E-state index contributed by atoms with van der Waals surface area (Å²) in [5, 5.41) is 2.75. The van der Waals surface area contributed by atoms with Gasteiger partial charge >= 0.3 is 0 Å². The Bertz CT molecular complexity index is 655. The van der Waals surface area contributed by atoms with Crippen LogP contribution in [-0.2, 0) is 10.1 Å². The standard InChI is InChI=1S/C10H11N3O.CH4O3S/c1-2-11-10(14)8-3-4-9-12-5-6-13(9)7-8;1-5(2,3)4/h3-7H,2H2,1H3,(H,11,14);1H3,(H,2,3,4). The van der Waals surface area contributed by atoms with E-state index in [1.165, 1.54) is 0 Å². The van der Waals surface area contributed by atoms with Gasteiger partial charge in [-0.05, 0) is 19.1 Å². The summed E-state index contributed by atoms with van der Waals surface area (Å²) in [5.41, 5.74) is 1.50. The van der Waals surface area contributed by atoms with E-state index in [2.05, 4.69) is 10.3 Å². The van der Waals surface area contributed by atoms with Gasteiger partial charge in [-0.25, -0.2) is 4.98 Å². The number of fused-ring (bicyclic) bond motifs is 1. The lowest BCUT2D eigenvalue weighted by Crippen LogP contribution is -2.22. The molecule has 2 aromatic rings. The number of nitrogens with one attached hydrogen (secondary N) is 1. The molecule has 8 heteroatoms. The highest BCUT2D eigenvalue weighted by atomic mass is 32.2. The zero-order valence-corrected chi connectivity index (χ0v) is 11.4. The number of pyridine rings is 1. The number of hydrogen-bond acceptors (Lipinski definition) is 4. The third-order valence-corrected chi connectivity index (χ3v) is 1.99. The second-order valence-electron chi connectivity index (χ2n) is 3.70. The summed E-state index contributed by atoms with van der Waals surface area (Å²) in [6.07, 6.45) is 6.01. The summed E-state index contributed by atoms with van der Waals surface area (Å²) in [4.78, 5) is 15.6. The molecule has 0 radical (unpaired) electrons. The molecule has 0 aliphatic rings. The van der Waals surface area contributed by atoms with E-state index >= 15 is 0 Å². The first-order valence-electron chi connectivity index (χ1n) is 5.44. The summed E-state index contributed by atoms with van der Waals surface area (Å²) in [7, 11) is -3.67. The van der Waals surface area contributed by atoms with Gasteiger partial charge < -0.3 is 9.72 Å². The molecule has 0 saturated carbocycles. The lowest BCUT2D eigenvalue weighted by Gasteiger charge is -2.02. The first-order valence-corrected chi connectivity index (χ1v) is 7.29. The molecule has 0 atom stereocenters. The van der Waals surface area contributed by atoms with E-state index in [-0.39, 0.29) is 5.91 Å². The van der Waals surface area contributed by atoms with Crippen molar-refractivity contribution in [3.8, 4) is 0 Å². The van der Waals surface area contributed by atoms with Crippen LogP contribution in [0.5, 0.6) is 0 Å². The molecule has 2 heterocycles. The molecule has 0 aliphatic carbocycles. The zero-order chi connectivity index (χ0) is 14.5. The number of carbonyl (C=O) groups is 1. The molecule has 0 aliphatic heterocycles. The molecule has 19 heavy (non-hydrogen) atoms. The Kier molecular flexibility index (Phi) is 5.02. The minimum Gasteiger partial charge on any atom is -0.352 e. The van der Waals surface area contributed by atoms with Crippen molar-refractivity contribution in [3.63, 3.8) is 0 Å². The minimum atomic E-state index is -3.67. The lowest BCUT2D eigenvalue weighted by molar-refractivity contribution is 0.0955. The Hall–Kier alpha value is -1.93. The van der Waals surface area contributed by atoms with Crippen LogP contribution in [0.3, 0.4) is 0 Å². The molecular weight excluding hydrogens is 270 g/mol. The van der Waals surface area contributed by atoms with Crippen LogP contribution in [-0.4, -0.2) is 41.1 Å². The Morgan fingerprint density at radius 1 is 1.47 bits per heavy atom. The summed E-state index contributed by atoms with van der Waals surface area (Å²) >= 11 is 0.